The first-order chi connectivity index (χ1) is 11.2. The summed E-state index contributed by atoms with van der Waals surface area (Å²) < 4.78 is 0. The summed E-state index contributed by atoms with van der Waals surface area (Å²) in [4.78, 5) is 8.54. The van der Waals surface area contributed by atoms with Crippen LogP contribution < -0.4 is 10.6 Å². The van der Waals surface area contributed by atoms with Gasteiger partial charge >= 0.3 is 0 Å². The first-order valence-corrected chi connectivity index (χ1v) is 8.16. The van der Waals surface area contributed by atoms with E-state index in [0.717, 1.165) is 48.2 Å². The molecule has 0 atom stereocenters. The first-order valence-electron chi connectivity index (χ1n) is 7.78. The van der Waals surface area contributed by atoms with Crippen molar-refractivity contribution in [2.75, 3.05) is 20.1 Å². The van der Waals surface area contributed by atoms with Crippen molar-refractivity contribution in [1.82, 2.24) is 15.6 Å². The van der Waals surface area contributed by atoms with Crippen molar-refractivity contribution in [2.24, 2.45) is 4.99 Å². The standard InChI is InChI=1S/C18H23ClN4.HI/c1-14-7-8-15(13-23-14)9-11-21-18(20-2)22-12-10-16-5-3-4-6-17(16)19;/h3-8,13H,9-12H2,1-2H3,(H2,20,21,22);1H. The summed E-state index contributed by atoms with van der Waals surface area (Å²) in [5.41, 5.74) is 3.40. The second-order valence-electron chi connectivity index (χ2n) is 5.33. The van der Waals surface area contributed by atoms with Gasteiger partial charge in [0, 0.05) is 37.1 Å². The van der Waals surface area contributed by atoms with Gasteiger partial charge < -0.3 is 10.6 Å². The summed E-state index contributed by atoms with van der Waals surface area (Å²) in [6, 6.07) is 12.1. The zero-order chi connectivity index (χ0) is 16.5. The number of aromatic nitrogens is 1. The van der Waals surface area contributed by atoms with Gasteiger partial charge in [-0.25, -0.2) is 0 Å². The molecule has 1 aromatic heterocycles. The molecule has 0 amide bonds. The molecule has 0 fully saturated rings. The highest BCUT2D eigenvalue weighted by molar-refractivity contribution is 14.0. The minimum atomic E-state index is 0. The smallest absolute Gasteiger partial charge is 0.190 e. The van der Waals surface area contributed by atoms with Crippen LogP contribution in [0.3, 0.4) is 0 Å². The van der Waals surface area contributed by atoms with Crippen molar-refractivity contribution < 1.29 is 0 Å². The van der Waals surface area contributed by atoms with E-state index in [4.69, 9.17) is 11.6 Å². The van der Waals surface area contributed by atoms with Crippen molar-refractivity contribution >= 4 is 41.5 Å². The molecule has 2 rings (SSSR count). The van der Waals surface area contributed by atoms with Gasteiger partial charge in [0.05, 0.1) is 0 Å². The van der Waals surface area contributed by atoms with Crippen LogP contribution in [-0.2, 0) is 12.8 Å². The zero-order valence-corrected chi connectivity index (χ0v) is 17.1. The number of aryl methyl sites for hydroxylation is 1. The molecule has 0 spiro atoms. The van der Waals surface area contributed by atoms with E-state index in [1.807, 2.05) is 43.5 Å². The maximum absolute atomic E-state index is 6.16. The number of benzene rings is 1. The van der Waals surface area contributed by atoms with Gasteiger partial charge in [-0.15, -0.1) is 24.0 Å². The summed E-state index contributed by atoms with van der Waals surface area (Å²) in [7, 11) is 1.78. The highest BCUT2D eigenvalue weighted by atomic mass is 127. The van der Waals surface area contributed by atoms with Gasteiger partial charge in [-0.1, -0.05) is 35.9 Å². The molecular formula is C18H24ClIN4. The summed E-state index contributed by atoms with van der Waals surface area (Å²) >= 11 is 6.16. The van der Waals surface area contributed by atoms with E-state index in [-0.39, 0.29) is 24.0 Å². The minimum absolute atomic E-state index is 0. The number of aliphatic imine (C=N–C) groups is 1. The van der Waals surface area contributed by atoms with Gasteiger partial charge in [-0.05, 0) is 43.0 Å². The van der Waals surface area contributed by atoms with Gasteiger partial charge in [0.25, 0.3) is 0 Å². The second-order valence-corrected chi connectivity index (χ2v) is 5.73. The monoisotopic (exact) mass is 458 g/mol. The highest BCUT2D eigenvalue weighted by Crippen LogP contribution is 2.14. The number of nitrogens with one attached hydrogen (secondary N) is 2. The van der Waals surface area contributed by atoms with Crippen LogP contribution in [0.15, 0.2) is 47.6 Å². The molecule has 6 heteroatoms. The Kier molecular flexibility index (Phi) is 9.71. The summed E-state index contributed by atoms with van der Waals surface area (Å²) in [5, 5.41) is 7.43. The molecule has 0 radical (unpaired) electrons. The molecule has 1 aromatic carbocycles. The number of hydrogen-bond donors (Lipinski definition) is 2. The SMILES string of the molecule is CN=C(NCCc1ccc(C)nc1)NCCc1ccccc1Cl.I. The molecule has 2 aromatic rings. The Morgan fingerprint density at radius 2 is 1.79 bits per heavy atom. The lowest BCUT2D eigenvalue weighted by Crippen LogP contribution is -2.39. The largest absolute Gasteiger partial charge is 0.356 e. The Morgan fingerprint density at radius 1 is 1.08 bits per heavy atom. The summed E-state index contributed by atoms with van der Waals surface area (Å²) in [6.07, 6.45) is 3.70. The number of halogens is 2. The topological polar surface area (TPSA) is 49.3 Å². The van der Waals surface area contributed by atoms with Crippen molar-refractivity contribution in [1.29, 1.82) is 0 Å². The fraction of sp³-hybridized carbons (Fsp3) is 0.333. The number of rotatable bonds is 6. The number of guanidine groups is 1. The molecular weight excluding hydrogens is 435 g/mol. The molecule has 2 N–H and O–H groups in total. The third-order valence-corrected chi connectivity index (χ3v) is 3.92. The fourth-order valence-corrected chi connectivity index (χ4v) is 2.44. The van der Waals surface area contributed by atoms with Gasteiger partial charge in [-0.2, -0.15) is 0 Å². The van der Waals surface area contributed by atoms with Crippen molar-refractivity contribution in [2.45, 2.75) is 19.8 Å². The Bertz CT molecular complexity index is 644. The summed E-state index contributed by atoms with van der Waals surface area (Å²) in [6.45, 7) is 3.60. The van der Waals surface area contributed by atoms with Crippen LogP contribution in [0.5, 0.6) is 0 Å². The molecule has 130 valence electrons. The van der Waals surface area contributed by atoms with Crippen molar-refractivity contribution in [3.05, 3.63) is 64.4 Å². The minimum Gasteiger partial charge on any atom is -0.356 e. The molecule has 0 aliphatic rings. The lowest BCUT2D eigenvalue weighted by Gasteiger charge is -2.12. The number of hydrogen-bond acceptors (Lipinski definition) is 2. The molecule has 24 heavy (non-hydrogen) atoms. The average molecular weight is 459 g/mol. The van der Waals surface area contributed by atoms with Crippen LogP contribution in [0.2, 0.25) is 5.02 Å². The van der Waals surface area contributed by atoms with Crippen LogP contribution in [0, 0.1) is 6.92 Å². The van der Waals surface area contributed by atoms with E-state index >= 15 is 0 Å². The Hall–Kier alpha value is -1.34. The molecule has 0 bridgehead atoms. The van der Waals surface area contributed by atoms with E-state index in [0.29, 0.717) is 0 Å². The highest BCUT2D eigenvalue weighted by Gasteiger charge is 2.01. The molecule has 0 unspecified atom stereocenters. The lowest BCUT2D eigenvalue weighted by atomic mass is 10.1. The van der Waals surface area contributed by atoms with E-state index in [1.54, 1.807) is 7.05 Å². The second kappa shape index (κ2) is 11.3. The summed E-state index contributed by atoms with van der Waals surface area (Å²) in [5.74, 6) is 0.803. The van der Waals surface area contributed by atoms with E-state index in [2.05, 4.69) is 26.7 Å². The number of pyridine rings is 1. The van der Waals surface area contributed by atoms with Crippen LogP contribution in [0.25, 0.3) is 0 Å². The van der Waals surface area contributed by atoms with Crippen molar-refractivity contribution in [3.8, 4) is 0 Å². The maximum Gasteiger partial charge on any atom is 0.190 e. The third-order valence-electron chi connectivity index (χ3n) is 3.55. The maximum atomic E-state index is 6.16. The van der Waals surface area contributed by atoms with E-state index < -0.39 is 0 Å². The predicted octanol–water partition coefficient (Wildman–Crippen LogP) is 3.61. The Balaban J connectivity index is 0.00000288. The van der Waals surface area contributed by atoms with E-state index in [1.165, 1.54) is 5.56 Å². The van der Waals surface area contributed by atoms with Gasteiger partial charge in [-0.3, -0.25) is 9.98 Å². The van der Waals surface area contributed by atoms with Crippen molar-refractivity contribution in [3.63, 3.8) is 0 Å². The molecule has 0 aliphatic heterocycles. The molecule has 1 heterocycles. The van der Waals surface area contributed by atoms with Crippen LogP contribution in [0.4, 0.5) is 0 Å². The van der Waals surface area contributed by atoms with Gasteiger partial charge in [0.2, 0.25) is 0 Å². The molecule has 0 saturated heterocycles. The third kappa shape index (κ3) is 7.05. The lowest BCUT2D eigenvalue weighted by molar-refractivity contribution is 0.783. The fourth-order valence-electron chi connectivity index (χ4n) is 2.21. The predicted molar refractivity (Wildman–Crippen MR) is 113 cm³/mol. The normalized spacial score (nSPS) is 10.9. The molecule has 0 aliphatic carbocycles. The Morgan fingerprint density at radius 3 is 2.42 bits per heavy atom. The quantitative estimate of drug-likeness (QED) is 0.395. The molecule has 4 nitrogen and oxygen atoms in total. The van der Waals surface area contributed by atoms with Crippen LogP contribution in [-0.4, -0.2) is 31.1 Å². The first kappa shape index (κ1) is 20.7. The molecule has 0 saturated carbocycles. The Labute approximate surface area is 166 Å². The zero-order valence-electron chi connectivity index (χ0n) is 14.1. The van der Waals surface area contributed by atoms with Gasteiger partial charge in [0.1, 0.15) is 0 Å². The van der Waals surface area contributed by atoms with E-state index in [9.17, 15) is 0 Å². The average Bonchev–Trinajstić information content (AvgIpc) is 2.57. The van der Waals surface area contributed by atoms with Gasteiger partial charge in [0.15, 0.2) is 5.96 Å². The number of nitrogens with zero attached hydrogens (tertiary/aromatic N) is 2. The van der Waals surface area contributed by atoms with Crippen LogP contribution >= 0.6 is 35.6 Å². The van der Waals surface area contributed by atoms with Crippen LogP contribution in [0.1, 0.15) is 16.8 Å².